The van der Waals surface area contributed by atoms with Gasteiger partial charge in [0.25, 0.3) is 0 Å². The molecular weight excluding hydrogens is 362 g/mol. The summed E-state index contributed by atoms with van der Waals surface area (Å²) in [6.07, 6.45) is 3.33. The van der Waals surface area contributed by atoms with E-state index in [0.29, 0.717) is 12.3 Å². The topological polar surface area (TPSA) is 67.2 Å². The molecule has 4 rings (SSSR count). The molecule has 0 aliphatic carbocycles. The van der Waals surface area contributed by atoms with Gasteiger partial charge < -0.3 is 15.1 Å². The quantitative estimate of drug-likeness (QED) is 0.496. The Morgan fingerprint density at radius 3 is 2.21 bits per heavy atom. The molecule has 2 N–H and O–H groups in total. The Balaban J connectivity index is 1.44. The van der Waals surface area contributed by atoms with Crippen LogP contribution in [0.2, 0.25) is 0 Å². The smallest absolute Gasteiger partial charge is 0.315 e. The molecule has 2 aromatic carbocycles. The van der Waals surface area contributed by atoms with Crippen molar-refractivity contribution in [2.45, 2.75) is 12.6 Å². The first-order chi connectivity index (χ1) is 14.3. The fourth-order valence-corrected chi connectivity index (χ4v) is 3.16. The van der Waals surface area contributed by atoms with Gasteiger partial charge in [-0.15, -0.1) is 0 Å². The Hall–Kier alpha value is -3.86. The number of benzene rings is 2. The molecule has 0 spiro atoms. The average molecular weight is 383 g/mol. The van der Waals surface area contributed by atoms with Gasteiger partial charge >= 0.3 is 6.03 Å². The molecule has 29 heavy (non-hydrogen) atoms. The van der Waals surface area contributed by atoms with Crippen LogP contribution < -0.4 is 10.6 Å². The molecule has 144 valence electrons. The second-order valence-electron chi connectivity index (χ2n) is 6.61. The van der Waals surface area contributed by atoms with Crippen molar-refractivity contribution in [2.75, 3.05) is 0 Å². The van der Waals surface area contributed by atoms with Crippen LogP contribution in [0.5, 0.6) is 0 Å². The lowest BCUT2D eigenvalue weighted by Crippen LogP contribution is -2.38. The number of nitrogens with one attached hydrogen (secondary N) is 2. The lowest BCUT2D eigenvalue weighted by Gasteiger charge is -2.20. The molecule has 5 nitrogen and oxygen atoms in total. The molecule has 4 aromatic rings. The fourth-order valence-electron chi connectivity index (χ4n) is 3.16. The number of pyridine rings is 1. The highest BCUT2D eigenvalue weighted by Gasteiger charge is 2.16. The Kier molecular flexibility index (Phi) is 5.67. The monoisotopic (exact) mass is 383 g/mol. The number of hydrogen-bond acceptors (Lipinski definition) is 3. The maximum atomic E-state index is 12.6. The van der Waals surface area contributed by atoms with Crippen molar-refractivity contribution in [2.24, 2.45) is 0 Å². The van der Waals surface area contributed by atoms with E-state index in [1.807, 2.05) is 84.9 Å². The number of aromatic nitrogens is 1. The molecule has 0 bridgehead atoms. The lowest BCUT2D eigenvalue weighted by atomic mass is 9.99. The number of amides is 2. The van der Waals surface area contributed by atoms with Crippen molar-refractivity contribution in [1.29, 1.82) is 0 Å². The predicted molar refractivity (Wildman–Crippen MR) is 112 cm³/mol. The molecule has 2 heterocycles. The molecule has 0 saturated heterocycles. The molecule has 5 heteroatoms. The molecule has 0 saturated carbocycles. The first-order valence-electron chi connectivity index (χ1n) is 9.42. The summed E-state index contributed by atoms with van der Waals surface area (Å²) < 4.78 is 5.39. The average Bonchev–Trinajstić information content (AvgIpc) is 3.33. The third kappa shape index (κ3) is 4.71. The summed E-state index contributed by atoms with van der Waals surface area (Å²) in [5.41, 5.74) is 3.73. The number of rotatable bonds is 6. The van der Waals surface area contributed by atoms with Gasteiger partial charge in [-0.05, 0) is 41.0 Å². The van der Waals surface area contributed by atoms with E-state index in [4.69, 9.17) is 4.42 Å². The van der Waals surface area contributed by atoms with Gasteiger partial charge in [0.1, 0.15) is 5.69 Å². The van der Waals surface area contributed by atoms with E-state index in [-0.39, 0.29) is 12.1 Å². The summed E-state index contributed by atoms with van der Waals surface area (Å²) in [6.45, 7) is 0.387. The third-order valence-corrected chi connectivity index (χ3v) is 4.59. The van der Waals surface area contributed by atoms with Gasteiger partial charge in [0.05, 0.1) is 12.3 Å². The molecule has 0 fully saturated rings. The van der Waals surface area contributed by atoms with Crippen LogP contribution in [-0.2, 0) is 6.54 Å². The molecule has 2 amide bonds. The number of furan rings is 1. The zero-order valence-electron chi connectivity index (χ0n) is 15.8. The molecule has 2 aromatic heterocycles. The normalized spacial score (nSPS) is 10.7. The van der Waals surface area contributed by atoms with Gasteiger partial charge in [-0.25, -0.2) is 4.79 Å². The summed E-state index contributed by atoms with van der Waals surface area (Å²) >= 11 is 0. The SMILES string of the molecule is O=C(NCc1ccnc(-c2ccco2)c1)NC(c1ccccc1)c1ccccc1. The molecule has 0 aliphatic rings. The van der Waals surface area contributed by atoms with Crippen LogP contribution in [0, 0.1) is 0 Å². The first-order valence-corrected chi connectivity index (χ1v) is 9.42. The van der Waals surface area contributed by atoms with Crippen molar-refractivity contribution in [3.05, 3.63) is 114 Å². The third-order valence-electron chi connectivity index (χ3n) is 4.59. The maximum absolute atomic E-state index is 12.6. The highest BCUT2D eigenvalue weighted by atomic mass is 16.3. The zero-order chi connectivity index (χ0) is 19.9. The summed E-state index contributed by atoms with van der Waals surface area (Å²) in [7, 11) is 0. The van der Waals surface area contributed by atoms with Crippen molar-refractivity contribution in [3.8, 4) is 11.5 Å². The number of carbonyl (C=O) groups excluding carboxylic acids is 1. The highest BCUT2D eigenvalue weighted by molar-refractivity contribution is 5.75. The van der Waals surface area contributed by atoms with Crippen molar-refractivity contribution in [1.82, 2.24) is 15.6 Å². The van der Waals surface area contributed by atoms with E-state index in [0.717, 1.165) is 22.4 Å². The van der Waals surface area contributed by atoms with Crippen molar-refractivity contribution < 1.29 is 9.21 Å². The van der Waals surface area contributed by atoms with Gasteiger partial charge in [0.15, 0.2) is 5.76 Å². The minimum Gasteiger partial charge on any atom is -0.463 e. The zero-order valence-corrected chi connectivity index (χ0v) is 15.8. The second-order valence-corrected chi connectivity index (χ2v) is 6.61. The minimum absolute atomic E-state index is 0.228. The first kappa shape index (κ1) is 18.5. The van der Waals surface area contributed by atoms with Crippen LogP contribution in [-0.4, -0.2) is 11.0 Å². The molecule has 0 radical (unpaired) electrons. The molecule has 0 atom stereocenters. The number of urea groups is 1. The highest BCUT2D eigenvalue weighted by Crippen LogP contribution is 2.22. The van der Waals surface area contributed by atoms with Gasteiger partial charge in [-0.2, -0.15) is 0 Å². The number of carbonyl (C=O) groups is 1. The predicted octanol–water partition coefficient (Wildman–Crippen LogP) is 4.93. The summed E-state index contributed by atoms with van der Waals surface area (Å²) in [4.78, 5) is 16.9. The lowest BCUT2D eigenvalue weighted by molar-refractivity contribution is 0.238. The van der Waals surface area contributed by atoms with Gasteiger partial charge in [-0.1, -0.05) is 60.7 Å². The minimum atomic E-state index is -0.237. The van der Waals surface area contributed by atoms with E-state index in [2.05, 4.69) is 15.6 Å². The van der Waals surface area contributed by atoms with Gasteiger partial charge in [0, 0.05) is 12.7 Å². The van der Waals surface area contributed by atoms with Crippen LogP contribution in [0.1, 0.15) is 22.7 Å². The van der Waals surface area contributed by atoms with Gasteiger partial charge in [0.2, 0.25) is 0 Å². The molecule has 0 unspecified atom stereocenters. The second kappa shape index (κ2) is 8.89. The molecule has 0 aliphatic heterocycles. The van der Waals surface area contributed by atoms with Gasteiger partial charge in [-0.3, -0.25) is 4.98 Å². The van der Waals surface area contributed by atoms with Crippen LogP contribution >= 0.6 is 0 Å². The Morgan fingerprint density at radius 1 is 0.897 bits per heavy atom. The Morgan fingerprint density at radius 2 is 1.59 bits per heavy atom. The van der Waals surface area contributed by atoms with Crippen LogP contribution in [0.4, 0.5) is 4.79 Å². The fraction of sp³-hybridized carbons (Fsp3) is 0.0833. The van der Waals surface area contributed by atoms with Crippen LogP contribution in [0.25, 0.3) is 11.5 Å². The van der Waals surface area contributed by atoms with Crippen molar-refractivity contribution >= 4 is 6.03 Å². The van der Waals surface area contributed by atoms with Crippen LogP contribution in [0.15, 0.2) is 102 Å². The summed E-state index contributed by atoms with van der Waals surface area (Å²) in [5, 5.41) is 6.01. The molecular formula is C24H21N3O2. The standard InChI is InChI=1S/C24H21N3O2/c28-24(26-17-18-13-14-25-21(16-18)22-12-7-15-29-22)27-23(19-8-3-1-4-9-19)20-10-5-2-6-11-20/h1-16,23H,17H2,(H2,26,27,28). The van der Waals surface area contributed by atoms with E-state index < -0.39 is 0 Å². The Bertz CT molecular complexity index is 1010. The summed E-state index contributed by atoms with van der Waals surface area (Å²) in [5.74, 6) is 0.699. The number of hydrogen-bond donors (Lipinski definition) is 2. The Labute approximate surface area is 169 Å². The van der Waals surface area contributed by atoms with Crippen molar-refractivity contribution in [3.63, 3.8) is 0 Å². The van der Waals surface area contributed by atoms with E-state index in [1.165, 1.54) is 0 Å². The van der Waals surface area contributed by atoms with Crippen LogP contribution in [0.3, 0.4) is 0 Å². The van der Waals surface area contributed by atoms with E-state index in [1.54, 1.807) is 12.5 Å². The largest absolute Gasteiger partial charge is 0.463 e. The van der Waals surface area contributed by atoms with E-state index in [9.17, 15) is 4.79 Å². The number of nitrogens with zero attached hydrogens (tertiary/aromatic N) is 1. The maximum Gasteiger partial charge on any atom is 0.315 e. The summed E-state index contributed by atoms with van der Waals surface area (Å²) in [6, 6.07) is 26.8. The van der Waals surface area contributed by atoms with E-state index >= 15 is 0 Å².